The second kappa shape index (κ2) is 38.9. The average Bonchev–Trinajstić information content (AvgIpc) is 1.75. The lowest BCUT2D eigenvalue weighted by molar-refractivity contribution is -0.145. The van der Waals surface area contributed by atoms with Gasteiger partial charge in [0.1, 0.15) is 60.4 Å². The lowest BCUT2D eigenvalue weighted by Crippen LogP contribution is -2.61. The number of nitrogens with zero attached hydrogens (tertiary/aromatic N) is 2. The van der Waals surface area contributed by atoms with E-state index in [2.05, 4.69) is 63.1 Å². The monoisotopic (exact) mass is 1440 g/mol. The van der Waals surface area contributed by atoms with Crippen molar-refractivity contribution in [2.24, 2.45) is 34.0 Å². The lowest BCUT2D eigenvalue weighted by atomic mass is 9.98. The van der Waals surface area contributed by atoms with Gasteiger partial charge in [0.25, 0.3) is 0 Å². The summed E-state index contributed by atoms with van der Waals surface area (Å²) in [4.78, 5) is 192. The van der Waals surface area contributed by atoms with Crippen LogP contribution in [-0.4, -0.2) is 184 Å². The highest BCUT2D eigenvalue weighted by Gasteiger charge is 2.41. The van der Waals surface area contributed by atoms with Crippen LogP contribution in [-0.2, 0) is 81.6 Å². The molecule has 7 rings (SSSR count). The van der Waals surface area contributed by atoms with Crippen molar-refractivity contribution in [3.63, 3.8) is 0 Å². The molecular formula is C70H93ClN18O14. The summed E-state index contributed by atoms with van der Waals surface area (Å²) >= 11 is 6.22. The number of carbonyl (C=O) groups is 13. The summed E-state index contributed by atoms with van der Waals surface area (Å²) in [6, 6.07) is 11.5. The first-order chi connectivity index (χ1) is 49.2. The van der Waals surface area contributed by atoms with Gasteiger partial charge in [-0.3, -0.25) is 68.0 Å². The molecule has 103 heavy (non-hydrogen) atoms. The van der Waals surface area contributed by atoms with E-state index >= 15 is 19.2 Å². The van der Waals surface area contributed by atoms with Crippen LogP contribution in [0.2, 0.25) is 5.02 Å². The van der Waals surface area contributed by atoms with E-state index in [9.17, 15) is 48.3 Å². The number of nitrogens with two attached hydrogens (primary N) is 4. The third-order valence-corrected chi connectivity index (χ3v) is 17.9. The summed E-state index contributed by atoms with van der Waals surface area (Å²) in [6.07, 6.45) is 0.277. The largest absolute Gasteiger partial charge is 0.480 e. The van der Waals surface area contributed by atoms with E-state index in [-0.39, 0.29) is 109 Å². The Kier molecular flexibility index (Phi) is 30.1. The van der Waals surface area contributed by atoms with Gasteiger partial charge in [-0.15, -0.1) is 0 Å². The Bertz CT molecular complexity index is 3900. The lowest BCUT2D eigenvalue weighted by Gasteiger charge is -2.31. The molecule has 5 aromatic rings. The van der Waals surface area contributed by atoms with Crippen LogP contribution in [0.25, 0.3) is 21.7 Å². The van der Waals surface area contributed by atoms with Crippen LogP contribution in [0.15, 0.2) is 102 Å². The Morgan fingerprint density at radius 1 is 0.689 bits per heavy atom. The van der Waals surface area contributed by atoms with Gasteiger partial charge < -0.3 is 85.4 Å². The maximum atomic E-state index is 15.3. The van der Waals surface area contributed by atoms with E-state index in [0.29, 0.717) is 39.0 Å². The minimum atomic E-state index is -1.84. The third kappa shape index (κ3) is 24.2. The number of benzene rings is 4. The van der Waals surface area contributed by atoms with Crippen LogP contribution in [0.3, 0.4) is 0 Å². The van der Waals surface area contributed by atoms with Crippen molar-refractivity contribution in [2.45, 2.75) is 171 Å². The molecule has 0 radical (unpaired) electrons. The zero-order valence-electron chi connectivity index (χ0n) is 57.7. The second-order valence-corrected chi connectivity index (χ2v) is 26.5. The SMILES string of the molecule is CC(=O)N[C@H]1CCC(=O)NCCCC[C@@H](C(=O)N[C@H](Cc2ccc3ccccc3c2)C(=O)N[C@@H](CC(C)C)C(=O)N[C@@H](CCCN=C(N)N)C(=O)N2CCC[C@H]2C(=O)N[C@@H](CN)C(=O)O)NC(=O)[C@H](CC(=O)NN)NC(=O)[C@@H](Cc2c[nH]c3ccccc23)NC(=O)[C@@H](Cc2ccc(Cl)cc2)NC1=O. The van der Waals surface area contributed by atoms with Crippen molar-refractivity contribution in [3.05, 3.63) is 119 Å². The molecular weight excluding hydrogens is 1350 g/mol. The van der Waals surface area contributed by atoms with Gasteiger partial charge in [0.2, 0.25) is 70.9 Å². The number of carboxylic acids is 1. The summed E-state index contributed by atoms with van der Waals surface area (Å²) in [5.41, 5.74) is 21.0. The van der Waals surface area contributed by atoms with Gasteiger partial charge in [-0.05, 0) is 109 Å². The van der Waals surface area contributed by atoms with E-state index in [1.165, 1.54) is 11.8 Å². The predicted molar refractivity (Wildman–Crippen MR) is 382 cm³/mol. The van der Waals surface area contributed by atoms with Crippen LogP contribution in [0.4, 0.5) is 0 Å². The molecule has 1 aromatic heterocycles. The number of likely N-dealkylation sites (tertiary alicyclic amines) is 1. The van der Waals surface area contributed by atoms with Crippen LogP contribution in [0.1, 0.15) is 108 Å². The van der Waals surface area contributed by atoms with Crippen molar-refractivity contribution in [1.29, 1.82) is 0 Å². The fraction of sp³-hybridized carbons (Fsp3) is 0.457. The molecule has 554 valence electrons. The number of halogens is 1. The Morgan fingerprint density at radius 2 is 1.33 bits per heavy atom. The number of hydrazine groups is 1. The second-order valence-electron chi connectivity index (χ2n) is 26.0. The first-order valence-electron chi connectivity index (χ1n) is 34.2. The Morgan fingerprint density at radius 3 is 2.02 bits per heavy atom. The fourth-order valence-corrected chi connectivity index (χ4v) is 12.4. The molecule has 32 nitrogen and oxygen atoms in total. The van der Waals surface area contributed by atoms with Gasteiger partial charge in [0.15, 0.2) is 5.96 Å². The maximum absolute atomic E-state index is 15.3. The molecule has 21 N–H and O–H groups in total. The first-order valence-corrected chi connectivity index (χ1v) is 34.6. The Labute approximate surface area is 599 Å². The van der Waals surface area contributed by atoms with Gasteiger partial charge in [-0.25, -0.2) is 10.6 Å². The minimum Gasteiger partial charge on any atom is -0.480 e. The van der Waals surface area contributed by atoms with E-state index in [0.717, 1.165) is 10.8 Å². The molecule has 10 atom stereocenters. The Hall–Kier alpha value is -10.7. The summed E-state index contributed by atoms with van der Waals surface area (Å²) in [6.45, 7) is 4.42. The highest BCUT2D eigenvalue weighted by molar-refractivity contribution is 6.30. The zero-order valence-corrected chi connectivity index (χ0v) is 58.4. The van der Waals surface area contributed by atoms with Crippen LogP contribution in [0, 0.1) is 5.92 Å². The van der Waals surface area contributed by atoms with Gasteiger partial charge in [0.05, 0.1) is 6.42 Å². The summed E-state index contributed by atoms with van der Waals surface area (Å²) < 4.78 is 0. The number of aliphatic imine (C=N–C) groups is 1. The van der Waals surface area contributed by atoms with E-state index in [1.807, 2.05) is 35.8 Å². The average molecular weight is 1450 g/mol. The summed E-state index contributed by atoms with van der Waals surface area (Å²) in [5, 5.41) is 39.1. The fourth-order valence-electron chi connectivity index (χ4n) is 12.3. The van der Waals surface area contributed by atoms with Crippen molar-refractivity contribution >= 4 is 116 Å². The summed E-state index contributed by atoms with van der Waals surface area (Å²) in [5.74, 6) is -6.39. The molecule has 12 amide bonds. The molecule has 33 heteroatoms. The number of hydrogen-bond donors (Lipinski definition) is 17. The molecule has 2 saturated heterocycles. The molecule has 0 aliphatic carbocycles. The van der Waals surface area contributed by atoms with E-state index in [4.69, 9.17) is 34.6 Å². The van der Waals surface area contributed by atoms with Crippen LogP contribution < -0.4 is 81.6 Å². The van der Waals surface area contributed by atoms with E-state index in [1.54, 1.807) is 80.7 Å². The number of amides is 12. The molecule has 2 aliphatic heterocycles. The molecule has 0 saturated carbocycles. The molecule has 0 bridgehead atoms. The molecule has 4 aromatic carbocycles. The summed E-state index contributed by atoms with van der Waals surface area (Å²) in [7, 11) is 0. The quantitative estimate of drug-likeness (QED) is 0.00787. The maximum Gasteiger partial charge on any atom is 0.327 e. The first kappa shape index (κ1) is 79.6. The number of carbonyl (C=O) groups excluding carboxylic acids is 12. The topological polar surface area (TPSA) is 510 Å². The number of rotatable bonds is 26. The smallest absolute Gasteiger partial charge is 0.327 e. The number of para-hydroxylation sites is 1. The highest BCUT2D eigenvalue weighted by Crippen LogP contribution is 2.24. The number of aliphatic carboxylic acids is 1. The highest BCUT2D eigenvalue weighted by atomic mass is 35.5. The number of aromatic nitrogens is 1. The molecule has 2 fully saturated rings. The van der Waals surface area contributed by atoms with E-state index < -0.39 is 150 Å². The van der Waals surface area contributed by atoms with Gasteiger partial charge in [-0.2, -0.15) is 0 Å². The van der Waals surface area contributed by atoms with Crippen molar-refractivity contribution in [2.75, 3.05) is 26.2 Å². The van der Waals surface area contributed by atoms with Gasteiger partial charge in [0, 0.05) is 80.9 Å². The van der Waals surface area contributed by atoms with Crippen molar-refractivity contribution in [3.8, 4) is 0 Å². The Balaban J connectivity index is 1.23. The zero-order chi connectivity index (χ0) is 74.9. The van der Waals surface area contributed by atoms with Crippen LogP contribution in [0.5, 0.6) is 0 Å². The third-order valence-electron chi connectivity index (χ3n) is 17.6. The van der Waals surface area contributed by atoms with Crippen LogP contribution >= 0.6 is 11.6 Å². The number of H-pyrrole nitrogens is 1. The van der Waals surface area contributed by atoms with Gasteiger partial charge >= 0.3 is 5.97 Å². The number of carboxylic acid groups (broad SMARTS) is 1. The molecule has 2 aliphatic rings. The van der Waals surface area contributed by atoms with Gasteiger partial charge in [-0.1, -0.05) is 98.2 Å². The number of hydrogen-bond acceptors (Lipinski definition) is 16. The molecule has 3 heterocycles. The normalized spacial score (nSPS) is 20.0. The number of nitrogens with one attached hydrogen (secondary N) is 12. The number of aromatic amines is 1. The molecule has 0 spiro atoms. The predicted octanol–water partition coefficient (Wildman–Crippen LogP) is -1.02. The number of guanidine groups is 1. The number of fused-ring (bicyclic) bond motifs is 2. The minimum absolute atomic E-state index is 0.000398. The molecule has 0 unspecified atom stereocenters. The van der Waals surface area contributed by atoms with Crippen molar-refractivity contribution < 1.29 is 67.4 Å². The standard InChI is InChI=1S/C70H93ClN18O14/c1-38(2)30-51(62(95)81-50(17-10-28-77-70(73)74)68(101)89-29-11-18-57(89)67(100)87-56(36-72)69(102)103)82-64(97)53(33-41-19-22-42-12-4-5-13-43(42)31-41)84-60(93)48-16-8-9-27-76-58(91)26-25-49(79-39(3)90)61(94)83-52(32-40-20-23-45(71)24-21-40)63(96)85-54(34-44-37-78-47-15-7-6-14-46(44)47)65(98)86-55(66(99)80-48)35-59(92)88-75/h4-7,12-15,19-24,31,37-38,48-57,78H,8-11,16-18,25-30,32-36,72,75H2,1-3H3,(H,76,91)(H,79,90)(H,80,99)(H,81,95)(H,82,97)(H,83,94)(H,84,93)(H,85,96)(H,86,98)(H,87,100)(H,88,92)(H,102,103)(H4,73,74,77)/t48-,49-,50-,51-,52+,53+,54+,55-,56-,57-/m0/s1. The van der Waals surface area contributed by atoms with Crippen molar-refractivity contribution in [1.82, 2.24) is 68.5 Å².